The molecule has 0 aliphatic carbocycles. The van der Waals surface area contributed by atoms with Crippen molar-refractivity contribution in [3.05, 3.63) is 52.7 Å². The van der Waals surface area contributed by atoms with Crippen LogP contribution in [-0.2, 0) is 13.0 Å². The second-order valence-electron chi connectivity index (χ2n) is 4.32. The summed E-state index contributed by atoms with van der Waals surface area (Å²) in [6.07, 6.45) is 0.677. The lowest BCUT2D eigenvalue weighted by atomic mass is 10.1. The number of aryl methyl sites for hydroxylation is 2. The summed E-state index contributed by atoms with van der Waals surface area (Å²) in [5, 5.41) is 7.17. The minimum atomic E-state index is -0.142. The molecule has 0 atom stereocenters. The maximum absolute atomic E-state index is 13.4. The predicted molar refractivity (Wildman–Crippen MR) is 67.8 cm³/mol. The summed E-state index contributed by atoms with van der Waals surface area (Å²) in [7, 11) is 0. The zero-order valence-electron chi connectivity index (χ0n) is 10.7. The standard InChI is InChI=1S/C14H17FN2O/c1-10-13(11(2)18-17-10)9-16-8-7-12-5-3-4-6-14(12)15/h3-6,16H,7-9H2,1-2H3. The number of aromatic nitrogens is 1. The molecule has 0 saturated heterocycles. The van der Waals surface area contributed by atoms with Gasteiger partial charge in [0, 0.05) is 12.1 Å². The van der Waals surface area contributed by atoms with Crippen LogP contribution in [-0.4, -0.2) is 11.7 Å². The van der Waals surface area contributed by atoms with Gasteiger partial charge >= 0.3 is 0 Å². The van der Waals surface area contributed by atoms with Crippen LogP contribution in [0.4, 0.5) is 4.39 Å². The highest BCUT2D eigenvalue weighted by atomic mass is 19.1. The third-order valence-electron chi connectivity index (χ3n) is 3.01. The van der Waals surface area contributed by atoms with E-state index in [0.29, 0.717) is 13.0 Å². The first-order valence-electron chi connectivity index (χ1n) is 6.04. The fourth-order valence-electron chi connectivity index (χ4n) is 1.89. The highest BCUT2D eigenvalue weighted by Crippen LogP contribution is 2.11. The largest absolute Gasteiger partial charge is 0.361 e. The lowest BCUT2D eigenvalue weighted by Gasteiger charge is -2.05. The van der Waals surface area contributed by atoms with E-state index in [1.54, 1.807) is 6.07 Å². The second-order valence-corrected chi connectivity index (χ2v) is 4.32. The predicted octanol–water partition coefficient (Wildman–Crippen LogP) is 2.76. The minimum absolute atomic E-state index is 0.142. The van der Waals surface area contributed by atoms with E-state index in [9.17, 15) is 4.39 Å². The fourth-order valence-corrected chi connectivity index (χ4v) is 1.89. The van der Waals surface area contributed by atoms with Crippen LogP contribution in [0.25, 0.3) is 0 Å². The van der Waals surface area contributed by atoms with Gasteiger partial charge in [0.15, 0.2) is 0 Å². The number of benzene rings is 1. The van der Waals surface area contributed by atoms with Crippen molar-refractivity contribution in [1.29, 1.82) is 0 Å². The Hall–Kier alpha value is -1.68. The normalized spacial score (nSPS) is 10.8. The smallest absolute Gasteiger partial charge is 0.138 e. The van der Waals surface area contributed by atoms with Gasteiger partial charge in [-0.15, -0.1) is 0 Å². The molecule has 0 bridgehead atoms. The SMILES string of the molecule is Cc1noc(C)c1CNCCc1ccccc1F. The van der Waals surface area contributed by atoms with Crippen LogP contribution in [0.3, 0.4) is 0 Å². The first-order valence-corrected chi connectivity index (χ1v) is 6.04. The molecule has 0 amide bonds. The van der Waals surface area contributed by atoms with E-state index < -0.39 is 0 Å². The molecule has 1 heterocycles. The van der Waals surface area contributed by atoms with Crippen molar-refractivity contribution in [1.82, 2.24) is 10.5 Å². The lowest BCUT2D eigenvalue weighted by Crippen LogP contribution is -2.17. The van der Waals surface area contributed by atoms with Gasteiger partial charge in [0.2, 0.25) is 0 Å². The van der Waals surface area contributed by atoms with Crippen molar-refractivity contribution in [2.45, 2.75) is 26.8 Å². The molecule has 0 unspecified atom stereocenters. The zero-order valence-corrected chi connectivity index (χ0v) is 10.7. The molecule has 1 aromatic carbocycles. The Morgan fingerprint density at radius 1 is 1.28 bits per heavy atom. The van der Waals surface area contributed by atoms with Crippen LogP contribution in [0, 0.1) is 19.7 Å². The molecule has 4 heteroatoms. The average Bonchev–Trinajstić information content (AvgIpc) is 2.67. The molecule has 2 aromatic rings. The average molecular weight is 248 g/mol. The van der Waals surface area contributed by atoms with Crippen LogP contribution >= 0.6 is 0 Å². The summed E-state index contributed by atoms with van der Waals surface area (Å²) in [5.41, 5.74) is 2.73. The van der Waals surface area contributed by atoms with Crippen molar-refractivity contribution in [3.63, 3.8) is 0 Å². The maximum Gasteiger partial charge on any atom is 0.138 e. The number of hydrogen-bond acceptors (Lipinski definition) is 3. The molecule has 0 fully saturated rings. The maximum atomic E-state index is 13.4. The van der Waals surface area contributed by atoms with E-state index in [1.165, 1.54) is 6.07 Å². The van der Waals surface area contributed by atoms with Gasteiger partial charge in [-0.2, -0.15) is 0 Å². The van der Waals surface area contributed by atoms with Crippen molar-refractivity contribution in [2.24, 2.45) is 0 Å². The van der Waals surface area contributed by atoms with E-state index in [2.05, 4.69) is 10.5 Å². The van der Waals surface area contributed by atoms with Crippen molar-refractivity contribution >= 4 is 0 Å². The summed E-state index contributed by atoms with van der Waals surface area (Å²) in [4.78, 5) is 0. The molecule has 96 valence electrons. The van der Waals surface area contributed by atoms with E-state index in [4.69, 9.17) is 4.52 Å². The lowest BCUT2D eigenvalue weighted by molar-refractivity contribution is 0.392. The molecular formula is C14H17FN2O. The van der Waals surface area contributed by atoms with Gasteiger partial charge in [-0.1, -0.05) is 23.4 Å². The zero-order chi connectivity index (χ0) is 13.0. The minimum Gasteiger partial charge on any atom is -0.361 e. The number of hydrogen-bond donors (Lipinski definition) is 1. The number of rotatable bonds is 5. The van der Waals surface area contributed by atoms with Crippen LogP contribution in [0.15, 0.2) is 28.8 Å². The monoisotopic (exact) mass is 248 g/mol. The third-order valence-corrected chi connectivity index (χ3v) is 3.01. The van der Waals surface area contributed by atoms with Gasteiger partial charge in [-0.3, -0.25) is 0 Å². The van der Waals surface area contributed by atoms with E-state index in [1.807, 2.05) is 26.0 Å². The molecule has 18 heavy (non-hydrogen) atoms. The van der Waals surface area contributed by atoms with Gasteiger partial charge < -0.3 is 9.84 Å². The van der Waals surface area contributed by atoms with Crippen LogP contribution in [0.2, 0.25) is 0 Å². The molecule has 1 N–H and O–H groups in total. The van der Waals surface area contributed by atoms with Crippen molar-refractivity contribution in [3.8, 4) is 0 Å². The molecule has 2 rings (SSSR count). The van der Waals surface area contributed by atoms with Gasteiger partial charge in [-0.05, 0) is 38.4 Å². The Kier molecular flexibility index (Phi) is 4.10. The molecule has 0 aliphatic heterocycles. The first kappa shape index (κ1) is 12.8. The summed E-state index contributed by atoms with van der Waals surface area (Å²) in [5.74, 6) is 0.697. The summed E-state index contributed by atoms with van der Waals surface area (Å²) >= 11 is 0. The third kappa shape index (κ3) is 2.96. The Bertz CT molecular complexity index is 503. The van der Waals surface area contributed by atoms with Gasteiger partial charge in [0.05, 0.1) is 5.69 Å². The fraction of sp³-hybridized carbons (Fsp3) is 0.357. The Balaban J connectivity index is 1.82. The van der Waals surface area contributed by atoms with Gasteiger partial charge in [0.25, 0.3) is 0 Å². The molecule has 0 spiro atoms. The molecule has 3 nitrogen and oxygen atoms in total. The first-order chi connectivity index (χ1) is 8.68. The van der Waals surface area contributed by atoms with Crippen LogP contribution in [0.5, 0.6) is 0 Å². The van der Waals surface area contributed by atoms with E-state index in [0.717, 1.165) is 29.1 Å². The molecule has 0 radical (unpaired) electrons. The number of nitrogens with zero attached hydrogens (tertiary/aromatic N) is 1. The summed E-state index contributed by atoms with van der Waals surface area (Å²) < 4.78 is 18.4. The topological polar surface area (TPSA) is 38.1 Å². The quantitative estimate of drug-likeness (QED) is 0.827. The Morgan fingerprint density at radius 2 is 2.06 bits per heavy atom. The van der Waals surface area contributed by atoms with E-state index >= 15 is 0 Å². The Labute approximate surface area is 106 Å². The van der Waals surface area contributed by atoms with Crippen molar-refractivity contribution < 1.29 is 8.91 Å². The van der Waals surface area contributed by atoms with Crippen LogP contribution < -0.4 is 5.32 Å². The summed E-state index contributed by atoms with van der Waals surface area (Å²) in [6.45, 7) is 5.25. The summed E-state index contributed by atoms with van der Waals surface area (Å²) in [6, 6.07) is 6.86. The molecule has 0 saturated carbocycles. The molecule has 1 aromatic heterocycles. The van der Waals surface area contributed by atoms with Crippen molar-refractivity contribution in [2.75, 3.05) is 6.54 Å². The van der Waals surface area contributed by atoms with Crippen LogP contribution in [0.1, 0.15) is 22.6 Å². The number of nitrogens with one attached hydrogen (secondary N) is 1. The number of halogens is 1. The highest BCUT2D eigenvalue weighted by molar-refractivity contribution is 5.20. The molecule has 0 aliphatic rings. The van der Waals surface area contributed by atoms with Gasteiger partial charge in [-0.25, -0.2) is 4.39 Å². The Morgan fingerprint density at radius 3 is 2.72 bits per heavy atom. The second kappa shape index (κ2) is 5.78. The molecular weight excluding hydrogens is 231 g/mol. The highest BCUT2D eigenvalue weighted by Gasteiger charge is 2.08. The van der Waals surface area contributed by atoms with Gasteiger partial charge in [0.1, 0.15) is 11.6 Å². The van der Waals surface area contributed by atoms with E-state index in [-0.39, 0.29) is 5.82 Å².